The number of nitrogens with zero attached hydrogens (tertiary/aromatic N) is 3. The lowest BCUT2D eigenvalue weighted by Crippen LogP contribution is -2.39. The lowest BCUT2D eigenvalue weighted by atomic mass is 10.1. The van der Waals surface area contributed by atoms with Gasteiger partial charge in [-0.25, -0.2) is 4.98 Å². The number of halogens is 1. The van der Waals surface area contributed by atoms with Crippen LogP contribution in [-0.4, -0.2) is 36.3 Å². The van der Waals surface area contributed by atoms with E-state index in [9.17, 15) is 0 Å². The van der Waals surface area contributed by atoms with Crippen LogP contribution in [0.25, 0.3) is 10.9 Å². The monoisotopic (exact) mass is 277 g/mol. The van der Waals surface area contributed by atoms with Gasteiger partial charge in [0.25, 0.3) is 0 Å². The van der Waals surface area contributed by atoms with Gasteiger partial charge in [0, 0.05) is 25.6 Å². The lowest BCUT2D eigenvalue weighted by molar-refractivity contribution is 0.0892. The van der Waals surface area contributed by atoms with Gasteiger partial charge in [-0.3, -0.25) is 0 Å². The highest BCUT2D eigenvalue weighted by Crippen LogP contribution is 2.27. The van der Waals surface area contributed by atoms with Crippen LogP contribution in [0.1, 0.15) is 12.8 Å². The quantitative estimate of drug-likeness (QED) is 0.791. The van der Waals surface area contributed by atoms with Crippen molar-refractivity contribution in [1.82, 2.24) is 9.97 Å². The molecule has 5 heteroatoms. The Morgan fingerprint density at radius 1 is 1.32 bits per heavy atom. The summed E-state index contributed by atoms with van der Waals surface area (Å²) in [5.74, 6) is 0.914. The van der Waals surface area contributed by atoms with Gasteiger partial charge in [0.1, 0.15) is 5.82 Å². The molecule has 2 heterocycles. The summed E-state index contributed by atoms with van der Waals surface area (Å²) in [7, 11) is 1.76. The van der Waals surface area contributed by atoms with Gasteiger partial charge < -0.3 is 9.64 Å². The molecule has 100 valence electrons. The van der Waals surface area contributed by atoms with Crippen molar-refractivity contribution >= 4 is 28.3 Å². The number of fused-ring (bicyclic) bond motifs is 1. The van der Waals surface area contributed by atoms with Crippen LogP contribution in [-0.2, 0) is 4.74 Å². The molecular formula is C14H16ClN3O. The van der Waals surface area contributed by atoms with Gasteiger partial charge in [-0.15, -0.1) is 0 Å². The van der Waals surface area contributed by atoms with Crippen molar-refractivity contribution in [2.45, 2.75) is 18.9 Å². The molecule has 1 aromatic carbocycles. The Kier molecular flexibility index (Phi) is 3.53. The summed E-state index contributed by atoms with van der Waals surface area (Å²) < 4.78 is 5.47. The molecule has 4 nitrogen and oxygen atoms in total. The highest BCUT2D eigenvalue weighted by molar-refractivity contribution is 6.28. The lowest BCUT2D eigenvalue weighted by Gasteiger charge is -2.33. The van der Waals surface area contributed by atoms with E-state index < -0.39 is 0 Å². The van der Waals surface area contributed by atoms with E-state index in [-0.39, 0.29) is 6.10 Å². The fourth-order valence-corrected chi connectivity index (χ4v) is 2.77. The van der Waals surface area contributed by atoms with Crippen molar-refractivity contribution in [3.8, 4) is 0 Å². The minimum Gasteiger partial charge on any atom is -0.380 e. The molecule has 3 rings (SSSR count). The molecular weight excluding hydrogens is 262 g/mol. The second-order valence-corrected chi connectivity index (χ2v) is 5.12. The van der Waals surface area contributed by atoms with Crippen LogP contribution in [0.15, 0.2) is 24.3 Å². The molecule has 1 aliphatic rings. The van der Waals surface area contributed by atoms with E-state index in [1.54, 1.807) is 7.11 Å². The van der Waals surface area contributed by atoms with Gasteiger partial charge in [-0.1, -0.05) is 12.1 Å². The Hall–Kier alpha value is -1.39. The Morgan fingerprint density at radius 3 is 3.00 bits per heavy atom. The number of piperidine rings is 1. The van der Waals surface area contributed by atoms with Crippen molar-refractivity contribution in [2.24, 2.45) is 0 Å². The summed E-state index contributed by atoms with van der Waals surface area (Å²) in [5.41, 5.74) is 0.886. The van der Waals surface area contributed by atoms with E-state index >= 15 is 0 Å². The van der Waals surface area contributed by atoms with Crippen LogP contribution in [0, 0.1) is 0 Å². The highest BCUT2D eigenvalue weighted by Gasteiger charge is 2.22. The summed E-state index contributed by atoms with van der Waals surface area (Å²) in [6.45, 7) is 1.84. The number of para-hydroxylation sites is 1. The first kappa shape index (κ1) is 12.6. The number of hydrogen-bond donors (Lipinski definition) is 0. The second kappa shape index (κ2) is 5.31. The summed E-state index contributed by atoms with van der Waals surface area (Å²) >= 11 is 6.03. The predicted molar refractivity (Wildman–Crippen MR) is 76.8 cm³/mol. The van der Waals surface area contributed by atoms with Crippen LogP contribution in [0.3, 0.4) is 0 Å². The topological polar surface area (TPSA) is 38.2 Å². The number of aromatic nitrogens is 2. The zero-order valence-electron chi connectivity index (χ0n) is 10.8. The van der Waals surface area contributed by atoms with Crippen LogP contribution in [0.5, 0.6) is 0 Å². The molecule has 1 fully saturated rings. The molecule has 19 heavy (non-hydrogen) atoms. The van der Waals surface area contributed by atoms with Crippen molar-refractivity contribution < 1.29 is 4.74 Å². The molecule has 0 radical (unpaired) electrons. The van der Waals surface area contributed by atoms with Gasteiger partial charge in [0.05, 0.1) is 11.6 Å². The van der Waals surface area contributed by atoms with E-state index in [1.807, 2.05) is 24.3 Å². The molecule has 0 saturated carbocycles. The zero-order valence-corrected chi connectivity index (χ0v) is 11.6. The molecule has 1 unspecified atom stereocenters. The maximum Gasteiger partial charge on any atom is 0.224 e. The molecule has 0 N–H and O–H groups in total. The molecule has 0 aliphatic carbocycles. The van der Waals surface area contributed by atoms with Gasteiger partial charge in [-0.2, -0.15) is 4.98 Å². The Bertz CT molecular complexity index is 590. The van der Waals surface area contributed by atoms with Crippen molar-refractivity contribution in [3.63, 3.8) is 0 Å². The SMILES string of the molecule is COC1CCCN(c2nc(Cl)nc3ccccc23)C1. The molecule has 1 atom stereocenters. The molecule has 0 spiro atoms. The summed E-state index contributed by atoms with van der Waals surface area (Å²) in [6.07, 6.45) is 2.47. The van der Waals surface area contributed by atoms with Crippen LogP contribution in [0.4, 0.5) is 5.82 Å². The fourth-order valence-electron chi connectivity index (χ4n) is 2.60. The molecule has 1 aliphatic heterocycles. The number of rotatable bonds is 2. The molecule has 1 aromatic heterocycles. The summed E-state index contributed by atoms with van der Waals surface area (Å²) in [5, 5.41) is 1.34. The Morgan fingerprint density at radius 2 is 2.16 bits per heavy atom. The molecule has 0 bridgehead atoms. The van der Waals surface area contributed by atoms with Gasteiger partial charge in [0.2, 0.25) is 5.28 Å². The van der Waals surface area contributed by atoms with E-state index in [1.165, 1.54) is 0 Å². The van der Waals surface area contributed by atoms with Gasteiger partial charge >= 0.3 is 0 Å². The first-order valence-corrected chi connectivity index (χ1v) is 6.86. The minimum atomic E-state index is 0.265. The Balaban J connectivity index is 2.03. The first-order valence-electron chi connectivity index (χ1n) is 6.48. The standard InChI is InChI=1S/C14H16ClN3O/c1-19-10-5-4-8-18(9-10)13-11-6-2-3-7-12(11)16-14(15)17-13/h2-3,6-7,10H,4-5,8-9H2,1H3. The third-order valence-corrected chi connectivity index (χ3v) is 3.74. The number of ether oxygens (including phenoxy) is 1. The van der Waals surface area contributed by atoms with E-state index in [0.717, 1.165) is 42.7 Å². The second-order valence-electron chi connectivity index (χ2n) is 4.78. The molecule has 2 aromatic rings. The average Bonchev–Trinajstić information content (AvgIpc) is 2.46. The maximum absolute atomic E-state index is 6.03. The van der Waals surface area contributed by atoms with Crippen molar-refractivity contribution in [2.75, 3.05) is 25.1 Å². The van der Waals surface area contributed by atoms with Crippen molar-refractivity contribution in [3.05, 3.63) is 29.5 Å². The normalized spacial score (nSPS) is 19.9. The predicted octanol–water partition coefficient (Wildman–Crippen LogP) is 2.90. The number of hydrogen-bond acceptors (Lipinski definition) is 4. The van der Waals surface area contributed by atoms with Crippen molar-refractivity contribution in [1.29, 1.82) is 0 Å². The number of anilines is 1. The zero-order chi connectivity index (χ0) is 13.2. The first-order chi connectivity index (χ1) is 9.28. The smallest absolute Gasteiger partial charge is 0.224 e. The van der Waals surface area contributed by atoms with Crippen LogP contribution in [0.2, 0.25) is 5.28 Å². The fraction of sp³-hybridized carbons (Fsp3) is 0.429. The van der Waals surface area contributed by atoms with Crippen LogP contribution >= 0.6 is 11.6 Å². The Labute approximate surface area is 117 Å². The molecule has 1 saturated heterocycles. The summed E-state index contributed by atoms with van der Waals surface area (Å²) in [6, 6.07) is 7.96. The van der Waals surface area contributed by atoms with Gasteiger partial charge in [-0.05, 0) is 36.6 Å². The van der Waals surface area contributed by atoms with E-state index in [4.69, 9.17) is 16.3 Å². The largest absolute Gasteiger partial charge is 0.380 e. The number of benzene rings is 1. The number of methoxy groups -OCH3 is 1. The highest BCUT2D eigenvalue weighted by atomic mass is 35.5. The minimum absolute atomic E-state index is 0.265. The average molecular weight is 278 g/mol. The van der Waals surface area contributed by atoms with Gasteiger partial charge in [0.15, 0.2) is 0 Å². The van der Waals surface area contributed by atoms with E-state index in [0.29, 0.717) is 5.28 Å². The van der Waals surface area contributed by atoms with E-state index in [2.05, 4.69) is 14.9 Å². The third-order valence-electron chi connectivity index (χ3n) is 3.57. The molecule has 0 amide bonds. The van der Waals surface area contributed by atoms with Crippen LogP contribution < -0.4 is 4.90 Å². The third kappa shape index (κ3) is 2.51. The summed E-state index contributed by atoms with van der Waals surface area (Å²) in [4.78, 5) is 10.9. The maximum atomic E-state index is 6.03.